The number of hydrogen-bond donors (Lipinski definition) is 1. The highest BCUT2D eigenvalue weighted by Gasteiger charge is 2.44. The third-order valence-electron chi connectivity index (χ3n) is 5.88. The normalized spacial score (nSPS) is 19.5. The van der Waals surface area contributed by atoms with Gasteiger partial charge in [-0.15, -0.1) is 9.24 Å². The van der Waals surface area contributed by atoms with Crippen LogP contribution in [0.2, 0.25) is 0 Å². The summed E-state index contributed by atoms with van der Waals surface area (Å²) in [7, 11) is 1.13. The third kappa shape index (κ3) is 7.17. The minimum Gasteiger partial charge on any atom is -0.489 e. The number of ether oxygens (including phenoxy) is 1. The molecule has 0 amide bonds. The smallest absolute Gasteiger partial charge is 0.127 e. The van der Waals surface area contributed by atoms with Crippen molar-refractivity contribution in [2.75, 3.05) is 13.2 Å². The van der Waals surface area contributed by atoms with E-state index in [9.17, 15) is 4.21 Å². The first-order valence-electron chi connectivity index (χ1n) is 11.0. The Morgan fingerprint density at radius 1 is 1.27 bits per heavy atom. The second-order valence-corrected chi connectivity index (χ2v) is 10.2. The molecule has 1 fully saturated rings. The van der Waals surface area contributed by atoms with E-state index in [2.05, 4.69) is 34.7 Å². The minimum absolute atomic E-state index is 0. The molecular formula is C25H44N3O3PS. The fraction of sp³-hybridized carbons (Fsp3) is 0.480. The van der Waals surface area contributed by atoms with Gasteiger partial charge in [-0.3, -0.25) is 4.98 Å². The van der Waals surface area contributed by atoms with Crippen LogP contribution < -0.4 is 10.5 Å². The number of piperidine rings is 1. The summed E-state index contributed by atoms with van der Waals surface area (Å²) in [5.41, 5.74) is 10.3. The molecule has 0 aliphatic carbocycles. The van der Waals surface area contributed by atoms with Gasteiger partial charge in [0.2, 0.25) is 0 Å². The van der Waals surface area contributed by atoms with Crippen LogP contribution in [0.15, 0.2) is 53.4 Å². The lowest BCUT2D eigenvalue weighted by molar-refractivity contribution is 0.141. The molecule has 8 heteroatoms. The van der Waals surface area contributed by atoms with Crippen molar-refractivity contribution >= 4 is 20.2 Å². The summed E-state index contributed by atoms with van der Waals surface area (Å²) in [5.74, 6) is 0.749. The van der Waals surface area contributed by atoms with Crippen LogP contribution in [0.3, 0.4) is 0 Å². The molecule has 1 aromatic heterocycles. The quantitative estimate of drug-likeness (QED) is 0.470. The lowest BCUT2D eigenvalue weighted by Crippen LogP contribution is -2.58. The third-order valence-corrected chi connectivity index (χ3v) is 7.39. The largest absolute Gasteiger partial charge is 0.489 e. The maximum atomic E-state index is 13.4. The molecule has 3 rings (SSSR count). The van der Waals surface area contributed by atoms with Gasteiger partial charge in [-0.05, 0) is 69.2 Å². The molecule has 4 N–H and O–H groups in total. The Bertz CT molecular complexity index is 939. The molecule has 1 aliphatic heterocycles. The fourth-order valence-corrected chi connectivity index (χ4v) is 5.90. The molecule has 0 radical (unpaired) electrons. The molecule has 1 aliphatic rings. The maximum absolute atomic E-state index is 13.4. The van der Waals surface area contributed by atoms with E-state index in [1.54, 1.807) is 0 Å². The summed E-state index contributed by atoms with van der Waals surface area (Å²) in [6.07, 6.45) is 0.827. The number of rotatable bonds is 6. The first-order chi connectivity index (χ1) is 15.1. The van der Waals surface area contributed by atoms with Crippen molar-refractivity contribution in [2.45, 2.75) is 64.6 Å². The zero-order valence-corrected chi connectivity index (χ0v) is 22.7. The van der Waals surface area contributed by atoms with E-state index in [1.165, 1.54) is 5.57 Å². The van der Waals surface area contributed by atoms with Crippen LogP contribution in [0.5, 0.6) is 5.75 Å². The Balaban J connectivity index is 0. The van der Waals surface area contributed by atoms with E-state index >= 15 is 0 Å². The number of benzene rings is 1. The van der Waals surface area contributed by atoms with E-state index in [-0.39, 0.29) is 25.8 Å². The Kier molecular flexibility index (Phi) is 11.3. The van der Waals surface area contributed by atoms with Gasteiger partial charge in [0.25, 0.3) is 0 Å². The van der Waals surface area contributed by atoms with E-state index in [1.807, 2.05) is 68.1 Å². The van der Waals surface area contributed by atoms with Gasteiger partial charge in [0, 0.05) is 38.3 Å². The van der Waals surface area contributed by atoms with Crippen LogP contribution in [0, 0.1) is 19.3 Å². The minimum atomic E-state index is -1.29. The van der Waals surface area contributed by atoms with E-state index in [0.29, 0.717) is 13.2 Å². The molecule has 1 saturated heterocycles. The van der Waals surface area contributed by atoms with E-state index in [4.69, 9.17) is 10.5 Å². The van der Waals surface area contributed by atoms with Gasteiger partial charge in [0.1, 0.15) is 23.3 Å². The molecule has 3 unspecified atom stereocenters. The molecule has 4 atom stereocenters. The Morgan fingerprint density at radius 3 is 2.33 bits per heavy atom. The monoisotopic (exact) mass is 497 g/mol. The summed E-state index contributed by atoms with van der Waals surface area (Å²) in [6, 6.07) is 11.4. The van der Waals surface area contributed by atoms with Gasteiger partial charge >= 0.3 is 0 Å². The first-order valence-corrected chi connectivity index (χ1v) is 13.2. The van der Waals surface area contributed by atoms with Crippen molar-refractivity contribution in [1.29, 1.82) is 0 Å². The summed E-state index contributed by atoms with van der Waals surface area (Å²) in [5, 5.41) is 0. The van der Waals surface area contributed by atoms with E-state index < -0.39 is 11.0 Å². The Morgan fingerprint density at radius 2 is 1.82 bits per heavy atom. The Labute approximate surface area is 207 Å². The van der Waals surface area contributed by atoms with Crippen molar-refractivity contribution in [1.82, 2.24) is 9.29 Å². The maximum Gasteiger partial charge on any atom is 0.127 e. The lowest BCUT2D eigenvalue weighted by Gasteiger charge is -2.48. The van der Waals surface area contributed by atoms with E-state index in [0.717, 1.165) is 34.0 Å². The van der Waals surface area contributed by atoms with Gasteiger partial charge in [-0.1, -0.05) is 32.7 Å². The first kappa shape index (κ1) is 29.4. The molecule has 1 aromatic carbocycles. The van der Waals surface area contributed by atoms with Gasteiger partial charge < -0.3 is 15.9 Å². The molecule has 0 spiro atoms. The summed E-state index contributed by atoms with van der Waals surface area (Å²) in [4.78, 5) is 5.15. The molecule has 0 saturated carbocycles. The number of nitrogens with zero attached hydrogens (tertiary/aromatic N) is 2. The fourth-order valence-electron chi connectivity index (χ4n) is 4.34. The summed E-state index contributed by atoms with van der Waals surface area (Å²) >= 11 is 0. The number of nitrogens with two attached hydrogens (primary N) is 1. The Hall–Kier alpha value is -1.63. The molecule has 188 valence electrons. The molecule has 2 aromatic rings. The molecule has 0 bridgehead atoms. The highest BCUT2D eigenvalue weighted by molar-refractivity contribution is 7.82. The van der Waals surface area contributed by atoms with Crippen molar-refractivity contribution < 1.29 is 17.3 Å². The SMILES string of the molecule is C=C1CCN(S(=O)c2ccc(OCc3cc(C)nc(C)c3)cc2)[C@@H](C(C)N)C1(C)C.CP.O.[HH].[HH]. The van der Waals surface area contributed by atoms with Crippen molar-refractivity contribution in [3.63, 3.8) is 0 Å². The van der Waals surface area contributed by atoms with Gasteiger partial charge in [-0.2, -0.15) is 0 Å². The average molecular weight is 498 g/mol. The number of aryl methyl sites for hydroxylation is 2. The molecular weight excluding hydrogens is 453 g/mol. The second kappa shape index (κ2) is 12.7. The number of aromatic nitrogens is 1. The molecule has 33 heavy (non-hydrogen) atoms. The summed E-state index contributed by atoms with van der Waals surface area (Å²) in [6.45, 7) is 17.5. The van der Waals surface area contributed by atoms with Crippen LogP contribution >= 0.6 is 9.24 Å². The van der Waals surface area contributed by atoms with Gasteiger partial charge in [-0.25, -0.2) is 8.51 Å². The second-order valence-electron chi connectivity index (χ2n) is 8.79. The zero-order valence-electron chi connectivity index (χ0n) is 20.7. The zero-order chi connectivity index (χ0) is 24.1. The van der Waals surface area contributed by atoms with Gasteiger partial charge in [0.15, 0.2) is 0 Å². The average Bonchev–Trinajstić information content (AvgIpc) is 2.74. The topological polar surface area (TPSA) is 100.0 Å². The van der Waals surface area contributed by atoms with Crippen molar-refractivity contribution in [3.05, 3.63) is 65.5 Å². The highest BCUT2D eigenvalue weighted by Crippen LogP contribution is 2.41. The summed E-state index contributed by atoms with van der Waals surface area (Å²) < 4.78 is 21.3. The van der Waals surface area contributed by atoms with Crippen LogP contribution in [-0.4, -0.2) is 44.3 Å². The highest BCUT2D eigenvalue weighted by atomic mass is 32.2. The van der Waals surface area contributed by atoms with Crippen LogP contribution in [0.4, 0.5) is 0 Å². The predicted octanol–water partition coefficient (Wildman–Crippen LogP) is 4.46. The molecule has 2 heterocycles. The lowest BCUT2D eigenvalue weighted by atomic mass is 9.72. The van der Waals surface area contributed by atoms with Crippen molar-refractivity contribution in [3.8, 4) is 5.75 Å². The predicted molar refractivity (Wildman–Crippen MR) is 146 cm³/mol. The molecule has 6 nitrogen and oxygen atoms in total. The standard InChI is InChI=1S/C24H33N3O2S.CH5P.H2O.2H2/c1-16-11-12-27(23(19(4)25)24(16,5)6)30(28)22-9-7-21(8-10-22)29-15-20-13-17(2)26-18(3)14-20;1-2;;;/h7-10,13-14,19,23H,1,11-12,15,25H2,2-6H3;2H2,1H3;1H2;2*1H/t19?,23-,30?;;;;/m0..../s1. The van der Waals surface area contributed by atoms with Crippen LogP contribution in [0.25, 0.3) is 0 Å². The van der Waals surface area contributed by atoms with Crippen LogP contribution in [-0.2, 0) is 17.6 Å². The van der Waals surface area contributed by atoms with Gasteiger partial charge in [0.05, 0.1) is 4.90 Å². The van der Waals surface area contributed by atoms with Crippen molar-refractivity contribution in [2.24, 2.45) is 11.1 Å². The van der Waals surface area contributed by atoms with Crippen LogP contribution in [0.1, 0.15) is 47.0 Å². The number of pyridine rings is 1. The number of hydrogen-bond acceptors (Lipinski definition) is 4.